The van der Waals surface area contributed by atoms with Gasteiger partial charge in [-0.1, -0.05) is 25.8 Å². The first-order chi connectivity index (χ1) is 11.7. The Kier molecular flexibility index (Phi) is 5.06. The second-order valence-corrected chi connectivity index (χ2v) is 8.75. The fourth-order valence-electron chi connectivity index (χ4n) is 4.49. The van der Waals surface area contributed by atoms with E-state index in [0.29, 0.717) is 11.8 Å². The van der Waals surface area contributed by atoms with Crippen LogP contribution in [-0.4, -0.2) is 13.9 Å². The van der Waals surface area contributed by atoms with Crippen LogP contribution in [0.5, 0.6) is 5.75 Å². The van der Waals surface area contributed by atoms with Gasteiger partial charge in [0, 0.05) is 0 Å². The molecule has 3 rings (SSSR count). The van der Waals surface area contributed by atoms with Crippen molar-refractivity contribution in [1.82, 2.24) is 0 Å². The molecule has 25 heavy (non-hydrogen) atoms. The maximum absolute atomic E-state index is 12.5. The fourth-order valence-corrected chi connectivity index (χ4v) is 4.94. The molecule has 7 heteroatoms. The van der Waals surface area contributed by atoms with Gasteiger partial charge in [0.15, 0.2) is 0 Å². The average Bonchev–Trinajstić information content (AvgIpc) is 2.53. The highest BCUT2D eigenvalue weighted by molar-refractivity contribution is 7.88. The fraction of sp³-hybridized carbons (Fsp3) is 0.667. The van der Waals surface area contributed by atoms with E-state index in [2.05, 4.69) is 11.1 Å². The van der Waals surface area contributed by atoms with Gasteiger partial charge in [0.1, 0.15) is 5.75 Å². The van der Waals surface area contributed by atoms with Crippen LogP contribution < -0.4 is 4.18 Å². The van der Waals surface area contributed by atoms with E-state index in [1.54, 1.807) is 6.07 Å². The Bertz CT molecular complexity index is 728. The van der Waals surface area contributed by atoms with Gasteiger partial charge in [-0.05, 0) is 73.1 Å². The van der Waals surface area contributed by atoms with Crippen molar-refractivity contribution in [3.63, 3.8) is 0 Å². The minimum atomic E-state index is -5.61. The molecule has 1 fully saturated rings. The topological polar surface area (TPSA) is 43.4 Å². The van der Waals surface area contributed by atoms with E-state index in [1.807, 2.05) is 0 Å². The minimum absolute atomic E-state index is 0.255. The second kappa shape index (κ2) is 6.82. The Balaban J connectivity index is 1.78. The largest absolute Gasteiger partial charge is 0.534 e. The molecule has 1 aromatic carbocycles. The van der Waals surface area contributed by atoms with Gasteiger partial charge in [-0.2, -0.15) is 21.6 Å². The van der Waals surface area contributed by atoms with Gasteiger partial charge in [0.05, 0.1) is 0 Å². The van der Waals surface area contributed by atoms with Crippen LogP contribution in [0.25, 0.3) is 0 Å². The van der Waals surface area contributed by atoms with Crippen molar-refractivity contribution in [2.24, 2.45) is 11.8 Å². The highest BCUT2D eigenvalue weighted by Crippen LogP contribution is 2.48. The van der Waals surface area contributed by atoms with Crippen molar-refractivity contribution in [2.45, 2.75) is 63.3 Å². The Hall–Kier alpha value is -1.24. The monoisotopic (exact) mass is 376 g/mol. The lowest BCUT2D eigenvalue weighted by atomic mass is 9.65. The van der Waals surface area contributed by atoms with Crippen LogP contribution in [0.3, 0.4) is 0 Å². The Morgan fingerprint density at radius 3 is 2.64 bits per heavy atom. The molecule has 0 aromatic heterocycles. The summed E-state index contributed by atoms with van der Waals surface area (Å²) >= 11 is 0. The Morgan fingerprint density at radius 1 is 1.20 bits per heavy atom. The van der Waals surface area contributed by atoms with Gasteiger partial charge in [-0.15, -0.1) is 0 Å². The van der Waals surface area contributed by atoms with Crippen molar-refractivity contribution in [2.75, 3.05) is 0 Å². The highest BCUT2D eigenvalue weighted by atomic mass is 32.2. The Morgan fingerprint density at radius 2 is 1.96 bits per heavy atom. The van der Waals surface area contributed by atoms with Crippen molar-refractivity contribution in [3.05, 3.63) is 29.3 Å². The number of fused-ring (bicyclic) bond motifs is 3. The van der Waals surface area contributed by atoms with Crippen LogP contribution in [-0.2, 0) is 16.5 Å². The second-order valence-electron chi connectivity index (χ2n) is 7.22. The number of hydrogen-bond acceptors (Lipinski definition) is 3. The summed E-state index contributed by atoms with van der Waals surface area (Å²) in [5.41, 5.74) is -3.33. The molecule has 0 spiro atoms. The van der Waals surface area contributed by atoms with Crippen LogP contribution in [0.4, 0.5) is 13.2 Å². The summed E-state index contributed by atoms with van der Waals surface area (Å²) in [4.78, 5) is 0. The molecular weight excluding hydrogens is 353 g/mol. The van der Waals surface area contributed by atoms with Crippen LogP contribution in [0.1, 0.15) is 62.5 Å². The number of rotatable bonds is 4. The lowest BCUT2D eigenvalue weighted by Crippen LogP contribution is -2.29. The molecule has 0 heterocycles. The number of halogens is 3. The molecule has 0 amide bonds. The lowest BCUT2D eigenvalue weighted by molar-refractivity contribution is -0.0500. The van der Waals surface area contributed by atoms with Crippen molar-refractivity contribution in [3.8, 4) is 5.75 Å². The van der Waals surface area contributed by atoms with Gasteiger partial charge >= 0.3 is 15.6 Å². The zero-order valence-corrected chi connectivity index (χ0v) is 15.0. The van der Waals surface area contributed by atoms with Gasteiger partial charge in [0.25, 0.3) is 0 Å². The lowest BCUT2D eigenvalue weighted by Gasteiger charge is -2.40. The molecule has 0 bridgehead atoms. The maximum atomic E-state index is 12.5. The summed E-state index contributed by atoms with van der Waals surface area (Å²) < 4.78 is 64.0. The third kappa shape index (κ3) is 3.81. The number of hydrogen-bond donors (Lipinski definition) is 0. The first-order valence-corrected chi connectivity index (χ1v) is 10.3. The predicted octanol–water partition coefficient (Wildman–Crippen LogP) is 5.16. The number of benzene rings is 1. The molecule has 0 radical (unpaired) electrons. The molecule has 2 aliphatic carbocycles. The normalized spacial score (nSPS) is 26.6. The molecular formula is C18H23F3O3S. The summed E-state index contributed by atoms with van der Waals surface area (Å²) in [5, 5.41) is 0. The third-order valence-electron chi connectivity index (χ3n) is 5.58. The Labute approximate surface area is 146 Å². The minimum Gasteiger partial charge on any atom is -0.376 e. The third-order valence-corrected chi connectivity index (χ3v) is 6.55. The predicted molar refractivity (Wildman–Crippen MR) is 88.8 cm³/mol. The molecule has 0 unspecified atom stereocenters. The van der Waals surface area contributed by atoms with Crippen LogP contribution in [0.15, 0.2) is 18.2 Å². The molecule has 140 valence electrons. The molecule has 1 aromatic rings. The first kappa shape index (κ1) is 18.5. The van der Waals surface area contributed by atoms with E-state index in [9.17, 15) is 21.6 Å². The van der Waals surface area contributed by atoms with Crippen molar-refractivity contribution < 1.29 is 25.8 Å². The molecule has 0 N–H and O–H groups in total. The van der Waals surface area contributed by atoms with E-state index in [4.69, 9.17) is 0 Å². The number of alkyl halides is 3. The number of aryl methyl sites for hydroxylation is 1. The van der Waals surface area contributed by atoms with E-state index >= 15 is 0 Å². The van der Waals surface area contributed by atoms with Gasteiger partial charge in [-0.25, -0.2) is 0 Å². The van der Waals surface area contributed by atoms with E-state index in [0.717, 1.165) is 36.3 Å². The summed E-state index contributed by atoms with van der Waals surface area (Å²) in [6.07, 6.45) is 7.74. The van der Waals surface area contributed by atoms with Gasteiger partial charge < -0.3 is 4.18 Å². The molecule has 3 atom stereocenters. The van der Waals surface area contributed by atoms with Crippen molar-refractivity contribution in [1.29, 1.82) is 0 Å². The summed E-state index contributed by atoms with van der Waals surface area (Å²) in [6, 6.07) is 4.57. The van der Waals surface area contributed by atoms with E-state index in [-0.39, 0.29) is 5.75 Å². The van der Waals surface area contributed by atoms with Gasteiger partial charge in [0.2, 0.25) is 0 Å². The molecule has 2 aliphatic rings. The summed E-state index contributed by atoms with van der Waals surface area (Å²) in [6.45, 7) is 2.21. The van der Waals surface area contributed by atoms with Crippen LogP contribution >= 0.6 is 0 Å². The molecule has 3 nitrogen and oxygen atoms in total. The smallest absolute Gasteiger partial charge is 0.376 e. The zero-order chi connectivity index (χ0) is 18.2. The maximum Gasteiger partial charge on any atom is 0.534 e. The van der Waals surface area contributed by atoms with E-state index < -0.39 is 15.6 Å². The SMILES string of the molecule is CCC[C@@H]1CC[C@@H]2c3ccc(OS(=O)(=O)C(F)(F)F)cc3CC[C@H]2C1. The summed E-state index contributed by atoms with van der Waals surface area (Å²) in [5.74, 6) is 1.59. The molecule has 1 saturated carbocycles. The average molecular weight is 376 g/mol. The van der Waals surface area contributed by atoms with E-state index in [1.165, 1.54) is 37.8 Å². The summed E-state index contributed by atoms with van der Waals surface area (Å²) in [7, 11) is -5.61. The molecule has 0 saturated heterocycles. The molecule has 0 aliphatic heterocycles. The van der Waals surface area contributed by atoms with Crippen LogP contribution in [0.2, 0.25) is 0 Å². The van der Waals surface area contributed by atoms with Crippen LogP contribution in [0, 0.1) is 11.8 Å². The first-order valence-electron chi connectivity index (χ1n) is 8.85. The highest BCUT2D eigenvalue weighted by Gasteiger charge is 2.48. The standard InChI is InChI=1S/C18H23F3O3S/c1-2-3-12-4-8-16-13(10-12)5-6-14-11-15(7-9-17(14)16)24-25(22,23)18(19,20)21/h7,9,11-13,16H,2-6,8,10H2,1H3/t12-,13+,16+/m1/s1. The van der Waals surface area contributed by atoms with Crippen molar-refractivity contribution >= 4 is 10.1 Å². The zero-order valence-electron chi connectivity index (χ0n) is 14.2. The quantitative estimate of drug-likeness (QED) is 0.538. The van der Waals surface area contributed by atoms with Gasteiger partial charge in [-0.3, -0.25) is 0 Å².